The molecule has 0 heterocycles. The van der Waals surface area contributed by atoms with Crippen LogP contribution < -0.4 is 4.72 Å². The summed E-state index contributed by atoms with van der Waals surface area (Å²) < 4.78 is 39.5. The van der Waals surface area contributed by atoms with Crippen LogP contribution in [0.5, 0.6) is 0 Å². The van der Waals surface area contributed by atoms with Gasteiger partial charge in [0.05, 0.1) is 11.0 Å². The van der Waals surface area contributed by atoms with E-state index in [0.717, 1.165) is 6.07 Å². The second-order valence-electron chi connectivity index (χ2n) is 4.36. The maximum absolute atomic E-state index is 13.1. The van der Waals surface area contributed by atoms with Gasteiger partial charge in [-0.25, -0.2) is 12.8 Å². The van der Waals surface area contributed by atoms with Crippen LogP contribution >= 0.6 is 0 Å². The van der Waals surface area contributed by atoms with Crippen molar-refractivity contribution >= 4 is 15.7 Å². The molecule has 2 rings (SSSR count). The first-order valence-electron chi connectivity index (χ1n) is 5.95. The normalized spacial score (nSPS) is 12.9. The van der Waals surface area contributed by atoms with Crippen molar-refractivity contribution in [1.29, 1.82) is 0 Å². The lowest BCUT2D eigenvalue weighted by atomic mass is 10.1. The summed E-state index contributed by atoms with van der Waals surface area (Å²) in [4.78, 5) is -0.142. The Balaban J connectivity index is 2.24. The molecule has 0 bridgehead atoms. The molecule has 1 atom stereocenters. The van der Waals surface area contributed by atoms with E-state index in [2.05, 4.69) is 4.72 Å². The van der Waals surface area contributed by atoms with Crippen LogP contribution in [-0.2, 0) is 10.0 Å². The first-order valence-corrected chi connectivity index (χ1v) is 7.43. The lowest BCUT2D eigenvalue weighted by Crippen LogP contribution is -2.13. The van der Waals surface area contributed by atoms with Crippen LogP contribution in [0.15, 0.2) is 53.4 Å². The molecule has 20 heavy (non-hydrogen) atoms. The van der Waals surface area contributed by atoms with E-state index in [0.29, 0.717) is 11.3 Å². The Bertz CT molecular complexity index is 697. The van der Waals surface area contributed by atoms with E-state index < -0.39 is 21.9 Å². The molecule has 0 amide bonds. The molecule has 0 aromatic heterocycles. The number of sulfonamides is 1. The summed E-state index contributed by atoms with van der Waals surface area (Å²) in [5.74, 6) is -0.614. The molecule has 0 radical (unpaired) electrons. The van der Waals surface area contributed by atoms with Crippen molar-refractivity contribution in [2.75, 3.05) is 4.72 Å². The third-order valence-electron chi connectivity index (χ3n) is 2.75. The molecule has 0 saturated carbocycles. The molecule has 0 spiro atoms. The van der Waals surface area contributed by atoms with E-state index >= 15 is 0 Å². The molecule has 6 heteroatoms. The van der Waals surface area contributed by atoms with Crippen molar-refractivity contribution in [3.05, 3.63) is 59.9 Å². The van der Waals surface area contributed by atoms with Gasteiger partial charge < -0.3 is 5.11 Å². The number of halogens is 1. The van der Waals surface area contributed by atoms with E-state index in [1.54, 1.807) is 31.2 Å². The maximum atomic E-state index is 13.1. The molecule has 0 saturated heterocycles. The van der Waals surface area contributed by atoms with E-state index in [4.69, 9.17) is 0 Å². The van der Waals surface area contributed by atoms with Crippen molar-refractivity contribution in [2.24, 2.45) is 0 Å². The van der Waals surface area contributed by atoms with Crippen LogP contribution in [0, 0.1) is 5.82 Å². The van der Waals surface area contributed by atoms with Crippen molar-refractivity contribution in [3.63, 3.8) is 0 Å². The van der Waals surface area contributed by atoms with Crippen molar-refractivity contribution < 1.29 is 17.9 Å². The average Bonchev–Trinajstić information content (AvgIpc) is 2.39. The summed E-state index contributed by atoms with van der Waals surface area (Å²) in [6, 6.07) is 11.1. The largest absolute Gasteiger partial charge is 0.389 e. The van der Waals surface area contributed by atoms with Crippen LogP contribution in [0.25, 0.3) is 0 Å². The van der Waals surface area contributed by atoms with Crippen LogP contribution in [0.4, 0.5) is 10.1 Å². The molecule has 2 aromatic carbocycles. The first kappa shape index (κ1) is 14.5. The molecule has 0 fully saturated rings. The highest BCUT2D eigenvalue weighted by molar-refractivity contribution is 7.92. The molecule has 0 aliphatic heterocycles. The highest BCUT2D eigenvalue weighted by Gasteiger charge is 2.14. The molecular weight excluding hydrogens is 281 g/mol. The molecule has 106 valence electrons. The zero-order valence-corrected chi connectivity index (χ0v) is 11.6. The Labute approximate surface area is 116 Å². The van der Waals surface area contributed by atoms with Crippen LogP contribution in [0.1, 0.15) is 18.6 Å². The highest BCUT2D eigenvalue weighted by Crippen LogP contribution is 2.19. The molecular formula is C14H14FNO3S. The SMILES string of the molecule is CC(O)c1ccc(NS(=O)(=O)c2cccc(F)c2)cc1. The Hall–Kier alpha value is -1.92. The first-order chi connectivity index (χ1) is 9.38. The summed E-state index contributed by atoms with van der Waals surface area (Å²) in [7, 11) is -3.82. The predicted molar refractivity (Wildman–Crippen MR) is 74.3 cm³/mol. The minimum atomic E-state index is -3.82. The van der Waals surface area contributed by atoms with E-state index in [1.807, 2.05) is 0 Å². The molecule has 1 unspecified atom stereocenters. The predicted octanol–water partition coefficient (Wildman–Crippen LogP) is 2.68. The van der Waals surface area contributed by atoms with E-state index in [1.165, 1.54) is 18.2 Å². The monoisotopic (exact) mass is 295 g/mol. The summed E-state index contributed by atoms with van der Waals surface area (Å²) in [5, 5.41) is 9.38. The van der Waals surface area contributed by atoms with E-state index in [-0.39, 0.29) is 4.90 Å². The van der Waals surface area contributed by atoms with Gasteiger partial charge in [-0.3, -0.25) is 4.72 Å². The number of rotatable bonds is 4. The average molecular weight is 295 g/mol. The lowest BCUT2D eigenvalue weighted by molar-refractivity contribution is 0.199. The number of benzene rings is 2. The summed E-state index contributed by atoms with van der Waals surface area (Å²) in [5.41, 5.74) is 1.03. The topological polar surface area (TPSA) is 66.4 Å². The van der Waals surface area contributed by atoms with Gasteiger partial charge in [0.25, 0.3) is 10.0 Å². The van der Waals surface area contributed by atoms with Gasteiger partial charge in [-0.15, -0.1) is 0 Å². The summed E-state index contributed by atoms with van der Waals surface area (Å²) in [6.45, 7) is 1.62. The zero-order valence-electron chi connectivity index (χ0n) is 10.7. The Morgan fingerprint density at radius 1 is 1.15 bits per heavy atom. The van der Waals surface area contributed by atoms with Gasteiger partial charge in [0.15, 0.2) is 0 Å². The fourth-order valence-corrected chi connectivity index (χ4v) is 2.77. The van der Waals surface area contributed by atoms with Gasteiger partial charge in [-0.05, 0) is 42.8 Å². The lowest BCUT2D eigenvalue weighted by Gasteiger charge is -2.10. The highest BCUT2D eigenvalue weighted by atomic mass is 32.2. The quantitative estimate of drug-likeness (QED) is 0.911. The summed E-state index contributed by atoms with van der Waals surface area (Å²) in [6.07, 6.45) is -0.621. The number of nitrogens with one attached hydrogen (secondary N) is 1. The van der Waals surface area contributed by atoms with Gasteiger partial charge in [0.2, 0.25) is 0 Å². The number of aliphatic hydroxyl groups excluding tert-OH is 1. The zero-order chi connectivity index (χ0) is 14.8. The third kappa shape index (κ3) is 3.34. The van der Waals surface area contributed by atoms with Crippen LogP contribution in [-0.4, -0.2) is 13.5 Å². The smallest absolute Gasteiger partial charge is 0.261 e. The fourth-order valence-electron chi connectivity index (χ4n) is 1.68. The molecule has 0 aliphatic rings. The molecule has 2 aromatic rings. The van der Waals surface area contributed by atoms with Gasteiger partial charge in [0, 0.05) is 5.69 Å². The number of hydrogen-bond donors (Lipinski definition) is 2. The Morgan fingerprint density at radius 2 is 1.80 bits per heavy atom. The number of hydrogen-bond acceptors (Lipinski definition) is 3. The molecule has 0 aliphatic carbocycles. The van der Waals surface area contributed by atoms with Crippen molar-refractivity contribution in [2.45, 2.75) is 17.9 Å². The van der Waals surface area contributed by atoms with Gasteiger partial charge >= 0.3 is 0 Å². The number of aliphatic hydroxyl groups is 1. The second kappa shape index (κ2) is 5.60. The van der Waals surface area contributed by atoms with E-state index in [9.17, 15) is 17.9 Å². The van der Waals surface area contributed by atoms with Gasteiger partial charge in [0.1, 0.15) is 5.82 Å². The Kier molecular flexibility index (Phi) is 4.06. The second-order valence-corrected chi connectivity index (χ2v) is 6.04. The van der Waals surface area contributed by atoms with Crippen molar-refractivity contribution in [1.82, 2.24) is 0 Å². The summed E-state index contributed by atoms with van der Waals surface area (Å²) >= 11 is 0. The molecule has 2 N–H and O–H groups in total. The standard InChI is InChI=1S/C14H14FNO3S/c1-10(17)11-5-7-13(8-6-11)16-20(18,19)14-4-2-3-12(15)9-14/h2-10,16-17H,1H3. The minimum Gasteiger partial charge on any atom is -0.389 e. The maximum Gasteiger partial charge on any atom is 0.261 e. The minimum absolute atomic E-state index is 0.142. The number of anilines is 1. The van der Waals surface area contributed by atoms with Crippen molar-refractivity contribution in [3.8, 4) is 0 Å². The van der Waals surface area contributed by atoms with Crippen LogP contribution in [0.3, 0.4) is 0 Å². The fraction of sp³-hybridized carbons (Fsp3) is 0.143. The van der Waals surface area contributed by atoms with Gasteiger partial charge in [-0.1, -0.05) is 18.2 Å². The Morgan fingerprint density at radius 3 is 2.35 bits per heavy atom. The van der Waals surface area contributed by atoms with Crippen LogP contribution in [0.2, 0.25) is 0 Å². The third-order valence-corrected chi connectivity index (χ3v) is 4.13. The van der Waals surface area contributed by atoms with Gasteiger partial charge in [-0.2, -0.15) is 0 Å². The molecule has 4 nitrogen and oxygen atoms in total.